The van der Waals surface area contributed by atoms with Crippen LogP contribution in [0.4, 0.5) is 0 Å². The molecule has 1 amide bonds. The Kier molecular flexibility index (Phi) is 5.91. The van der Waals surface area contributed by atoms with Gasteiger partial charge in [0.05, 0.1) is 22.7 Å². The maximum Gasteiger partial charge on any atom is 0.251 e. The number of halogens is 1. The Morgan fingerprint density at radius 1 is 1.29 bits per heavy atom. The Bertz CT molecular complexity index is 1240. The van der Waals surface area contributed by atoms with E-state index in [1.54, 1.807) is 14.1 Å². The van der Waals surface area contributed by atoms with Crippen LogP contribution in [0.25, 0.3) is 0 Å². The van der Waals surface area contributed by atoms with Crippen molar-refractivity contribution in [1.82, 2.24) is 4.90 Å². The highest BCUT2D eigenvalue weighted by Crippen LogP contribution is 2.58. The van der Waals surface area contributed by atoms with Crippen LogP contribution in [-0.4, -0.2) is 79.7 Å². The summed E-state index contributed by atoms with van der Waals surface area (Å²) in [6, 6.07) is 0.387. The first-order chi connectivity index (χ1) is 16.3. The van der Waals surface area contributed by atoms with E-state index in [1.165, 1.54) is 17.9 Å². The molecule has 5 atom stereocenters. The van der Waals surface area contributed by atoms with Gasteiger partial charge in [-0.1, -0.05) is 22.9 Å². The number of nitrogens with zero attached hydrogens (tertiary/aromatic N) is 1. The van der Waals surface area contributed by atoms with Crippen molar-refractivity contribution in [3.8, 4) is 5.75 Å². The van der Waals surface area contributed by atoms with Crippen LogP contribution in [0.3, 0.4) is 0 Å². The van der Waals surface area contributed by atoms with Crippen LogP contribution in [0.15, 0.2) is 33.2 Å². The Labute approximate surface area is 209 Å². The summed E-state index contributed by atoms with van der Waals surface area (Å²) in [6.07, 6.45) is 0.286. The minimum absolute atomic E-state index is 0.0466. The van der Waals surface area contributed by atoms with E-state index < -0.39 is 63.6 Å². The molecule has 3 aliphatic carbocycles. The average Bonchev–Trinajstić information content (AvgIpc) is 2.77. The summed E-state index contributed by atoms with van der Waals surface area (Å²) in [5.74, 6) is -5.56. The van der Waals surface area contributed by atoms with Crippen molar-refractivity contribution in [1.29, 1.82) is 0 Å². The summed E-state index contributed by atoms with van der Waals surface area (Å²) >= 11 is 3.35. The Morgan fingerprint density at radius 2 is 1.91 bits per heavy atom. The number of allylic oxidation sites excluding steroid dienone is 1. The highest BCUT2D eigenvalue weighted by molar-refractivity contribution is 9.10. The van der Waals surface area contributed by atoms with Crippen LogP contribution in [0.5, 0.6) is 5.75 Å². The van der Waals surface area contributed by atoms with Crippen molar-refractivity contribution < 1.29 is 39.9 Å². The number of likely N-dealkylation sites (N-methyl/N-ethyl adjacent to an activating group) is 1. The fourth-order valence-electron chi connectivity index (χ4n) is 6.24. The first-order valence-corrected chi connectivity index (χ1v) is 11.9. The number of phenols is 1. The van der Waals surface area contributed by atoms with Gasteiger partial charge in [-0.3, -0.25) is 19.3 Å². The van der Waals surface area contributed by atoms with Crippen LogP contribution < -0.4 is 5.73 Å². The molecule has 1 aromatic carbocycles. The zero-order chi connectivity index (χ0) is 26.2. The van der Waals surface area contributed by atoms with Gasteiger partial charge < -0.3 is 31.3 Å². The number of aromatic hydroxyl groups is 1. The van der Waals surface area contributed by atoms with Gasteiger partial charge in [0.1, 0.15) is 22.9 Å². The van der Waals surface area contributed by atoms with Crippen molar-refractivity contribution in [2.75, 3.05) is 14.1 Å². The predicted octanol–water partition coefficient (Wildman–Crippen LogP) is 1.27. The number of aldehydes is 1. The third-order valence-corrected chi connectivity index (χ3v) is 8.51. The number of fused-ring (bicyclic) bond motifs is 3. The number of aliphatic hydroxyl groups is 4. The molecule has 0 fully saturated rings. The van der Waals surface area contributed by atoms with E-state index in [9.17, 15) is 39.9 Å². The zero-order valence-electron chi connectivity index (χ0n) is 19.4. The summed E-state index contributed by atoms with van der Waals surface area (Å²) in [5, 5.41) is 56.9. The lowest BCUT2D eigenvalue weighted by molar-refractivity contribution is -0.191. The molecule has 188 valence electrons. The summed E-state index contributed by atoms with van der Waals surface area (Å²) in [6.45, 7) is 1.45. The normalized spacial score (nSPS) is 32.3. The highest BCUT2D eigenvalue weighted by Gasteiger charge is 2.69. The van der Waals surface area contributed by atoms with E-state index in [0.717, 1.165) is 0 Å². The SMILES string of the molecule is CC[C@]1(O)C(C(N)=O)=C(O)[C@@H](N(C)C)[C@@H]2C[C@@H]3Cc4c(Br)cc(C=O)c(O)c4C(=O)C3=C(O)[C@@]21O. The Balaban J connectivity index is 2.05. The second-order valence-corrected chi connectivity index (χ2v) is 10.5. The van der Waals surface area contributed by atoms with Gasteiger partial charge in [0.15, 0.2) is 17.7 Å². The molecule has 0 unspecified atom stereocenters. The second kappa shape index (κ2) is 8.16. The number of rotatable bonds is 4. The highest BCUT2D eigenvalue weighted by atomic mass is 79.9. The molecule has 0 radical (unpaired) electrons. The molecular formula is C24H27BrN2O8. The molecule has 0 aliphatic heterocycles. The minimum Gasteiger partial charge on any atom is -0.510 e. The van der Waals surface area contributed by atoms with E-state index in [4.69, 9.17) is 5.73 Å². The van der Waals surface area contributed by atoms with Gasteiger partial charge in [-0.2, -0.15) is 0 Å². The number of carbonyl (C=O) groups excluding carboxylic acids is 3. The summed E-state index contributed by atoms with van der Waals surface area (Å²) in [7, 11) is 3.20. The van der Waals surface area contributed by atoms with Gasteiger partial charge in [0, 0.05) is 16.0 Å². The van der Waals surface area contributed by atoms with Crippen molar-refractivity contribution in [2.45, 2.75) is 43.4 Å². The third-order valence-electron chi connectivity index (χ3n) is 7.81. The van der Waals surface area contributed by atoms with Crippen LogP contribution >= 0.6 is 15.9 Å². The topological polar surface area (TPSA) is 182 Å². The minimum atomic E-state index is -2.55. The lowest BCUT2D eigenvalue weighted by Gasteiger charge is -2.57. The molecule has 0 saturated heterocycles. The number of carbonyl (C=O) groups is 3. The number of ketones is 1. The van der Waals surface area contributed by atoms with Crippen molar-refractivity contribution in [3.05, 3.63) is 49.9 Å². The molecule has 1 aromatic rings. The molecule has 4 rings (SSSR count). The van der Waals surface area contributed by atoms with Gasteiger partial charge in [-0.15, -0.1) is 0 Å². The van der Waals surface area contributed by atoms with E-state index in [0.29, 0.717) is 16.3 Å². The zero-order valence-corrected chi connectivity index (χ0v) is 21.0. The summed E-state index contributed by atoms with van der Waals surface area (Å²) < 4.78 is 0.428. The van der Waals surface area contributed by atoms with Gasteiger partial charge in [0.2, 0.25) is 0 Å². The standard InChI is InChI=1S/C24H27BrN2O8/c1-4-23(34)16(22(26)33)20(31)17(27(2)3)12-6-9-5-11-13(25)7-10(8-28)18(29)15(11)19(30)14(9)21(32)24(12,23)35/h7-9,12,17,29,31-32,34-35H,4-6H2,1-3H3,(H2,26,33)/t9-,12-,17-,23-,24-/m0/s1. The molecule has 0 heterocycles. The first-order valence-electron chi connectivity index (χ1n) is 11.1. The van der Waals surface area contributed by atoms with E-state index in [1.807, 2.05) is 0 Å². The molecule has 11 heteroatoms. The average molecular weight is 551 g/mol. The summed E-state index contributed by atoms with van der Waals surface area (Å²) in [5.41, 5.74) is -0.297. The number of amides is 1. The number of hydrogen-bond donors (Lipinski definition) is 6. The molecule has 35 heavy (non-hydrogen) atoms. The van der Waals surface area contributed by atoms with Gasteiger partial charge in [0.25, 0.3) is 5.91 Å². The number of aliphatic hydroxyl groups excluding tert-OH is 2. The fraction of sp³-hybridized carbons (Fsp3) is 0.458. The van der Waals surface area contributed by atoms with Crippen molar-refractivity contribution >= 4 is 33.9 Å². The number of phenolic OH excluding ortho intramolecular Hbond substituents is 1. The van der Waals surface area contributed by atoms with Gasteiger partial charge in [-0.25, -0.2) is 0 Å². The maximum atomic E-state index is 13.6. The lowest BCUT2D eigenvalue weighted by Crippen LogP contribution is -2.71. The van der Waals surface area contributed by atoms with Gasteiger partial charge >= 0.3 is 0 Å². The van der Waals surface area contributed by atoms with E-state index in [2.05, 4.69) is 15.9 Å². The molecule has 7 N–H and O–H groups in total. The van der Waals surface area contributed by atoms with E-state index >= 15 is 0 Å². The number of nitrogens with two attached hydrogens (primary N) is 1. The van der Waals surface area contributed by atoms with Crippen molar-refractivity contribution in [3.63, 3.8) is 0 Å². The van der Waals surface area contributed by atoms with Gasteiger partial charge in [-0.05, 0) is 50.9 Å². The molecule has 0 aromatic heterocycles. The second-order valence-electron chi connectivity index (χ2n) is 9.62. The van der Waals surface area contributed by atoms with E-state index in [-0.39, 0.29) is 36.0 Å². The largest absolute Gasteiger partial charge is 0.510 e. The van der Waals surface area contributed by atoms with Crippen LogP contribution in [0, 0.1) is 11.8 Å². The molecule has 0 saturated carbocycles. The third kappa shape index (κ3) is 3.08. The van der Waals surface area contributed by atoms with Crippen molar-refractivity contribution in [2.24, 2.45) is 17.6 Å². The number of primary amides is 1. The molecule has 0 bridgehead atoms. The number of Topliss-reactive ketones (excluding diaryl/α,β-unsaturated/α-hetero) is 1. The quantitative estimate of drug-likeness (QED) is 0.300. The molecule has 10 nitrogen and oxygen atoms in total. The number of hydrogen-bond acceptors (Lipinski definition) is 9. The Hall–Kier alpha value is -2.73. The molecule has 3 aliphatic rings. The fourth-order valence-corrected chi connectivity index (χ4v) is 6.85. The first kappa shape index (κ1) is 25.4. The summed E-state index contributed by atoms with van der Waals surface area (Å²) in [4.78, 5) is 39.0. The van der Waals surface area contributed by atoms with Crippen LogP contribution in [0.1, 0.15) is 46.0 Å². The Morgan fingerprint density at radius 3 is 2.43 bits per heavy atom. The monoisotopic (exact) mass is 550 g/mol. The van der Waals surface area contributed by atoms with Crippen LogP contribution in [-0.2, 0) is 11.2 Å². The molecule has 0 spiro atoms. The predicted molar refractivity (Wildman–Crippen MR) is 127 cm³/mol. The molecular weight excluding hydrogens is 524 g/mol. The smallest absolute Gasteiger partial charge is 0.251 e. The maximum absolute atomic E-state index is 13.6. The number of benzene rings is 1. The lowest BCUT2D eigenvalue weighted by atomic mass is 9.53. The van der Waals surface area contributed by atoms with Crippen LogP contribution in [0.2, 0.25) is 0 Å².